The topological polar surface area (TPSA) is 99.1 Å². The first-order valence-corrected chi connectivity index (χ1v) is 17.0. The molecule has 0 heterocycles. The van der Waals surface area contributed by atoms with Gasteiger partial charge in [-0.2, -0.15) is 0 Å². The van der Waals surface area contributed by atoms with Crippen molar-refractivity contribution in [2.45, 2.75) is 135 Å². The number of carboxylic acid groups (broad SMARTS) is 1. The summed E-state index contributed by atoms with van der Waals surface area (Å²) in [6, 6.07) is -0.618. The predicted molar refractivity (Wildman–Crippen MR) is 178 cm³/mol. The number of carbonyl (C=O) groups excluding carboxylic acids is 2. The highest BCUT2D eigenvalue weighted by atomic mass is 16.6. The van der Waals surface area contributed by atoms with Crippen LogP contribution in [0.1, 0.15) is 123 Å². The Morgan fingerprint density at radius 3 is 1.98 bits per heavy atom. The molecule has 44 heavy (non-hydrogen) atoms. The van der Waals surface area contributed by atoms with Crippen molar-refractivity contribution < 1.29 is 38.2 Å². The maximum Gasteiger partial charge on any atom is 0.362 e. The van der Waals surface area contributed by atoms with Gasteiger partial charge in [0, 0.05) is 19.3 Å². The normalized spacial score (nSPS) is 13.6. The molecule has 0 aromatic heterocycles. The lowest BCUT2D eigenvalue weighted by Crippen LogP contribution is -2.50. The second-order valence-electron chi connectivity index (χ2n) is 12.4. The van der Waals surface area contributed by atoms with Gasteiger partial charge in [-0.15, -0.1) is 0 Å². The summed E-state index contributed by atoms with van der Waals surface area (Å²) in [5.74, 6) is -1.56. The molecule has 0 bridgehead atoms. The van der Waals surface area contributed by atoms with Crippen molar-refractivity contribution in [3.63, 3.8) is 0 Å². The van der Waals surface area contributed by atoms with Crippen LogP contribution in [0.5, 0.6) is 0 Å². The average molecular weight is 623 g/mol. The van der Waals surface area contributed by atoms with E-state index < -0.39 is 18.1 Å². The van der Waals surface area contributed by atoms with Crippen LogP contribution in [0.25, 0.3) is 0 Å². The zero-order valence-corrected chi connectivity index (χ0v) is 28.6. The lowest BCUT2D eigenvalue weighted by atomic mass is 10.1. The molecule has 0 saturated heterocycles. The van der Waals surface area contributed by atoms with E-state index in [9.17, 15) is 19.5 Å². The molecule has 8 nitrogen and oxygen atoms in total. The molecule has 0 amide bonds. The number of carbonyl (C=O) groups is 3. The average Bonchev–Trinajstić information content (AvgIpc) is 2.96. The Morgan fingerprint density at radius 2 is 1.32 bits per heavy atom. The Labute approximate surface area is 268 Å². The van der Waals surface area contributed by atoms with Gasteiger partial charge in [-0.25, -0.2) is 4.79 Å². The molecule has 0 radical (unpaired) electrons. The minimum Gasteiger partial charge on any atom is -0.477 e. The molecule has 1 N–H and O–H groups in total. The van der Waals surface area contributed by atoms with Crippen molar-refractivity contribution in [3.05, 3.63) is 36.5 Å². The quantitative estimate of drug-likeness (QED) is 0.0391. The third-order valence-corrected chi connectivity index (χ3v) is 7.29. The number of unbranched alkanes of at least 4 members (excludes halogenated alkanes) is 9. The number of esters is 2. The summed E-state index contributed by atoms with van der Waals surface area (Å²) in [6.07, 6.45) is 27.8. The van der Waals surface area contributed by atoms with Crippen LogP contribution in [0.4, 0.5) is 0 Å². The number of likely N-dealkylation sites (N-methyl/N-ethyl adjacent to an activating group) is 1. The zero-order valence-electron chi connectivity index (χ0n) is 28.6. The molecule has 0 spiro atoms. The number of hydrogen-bond acceptors (Lipinski definition) is 6. The fourth-order valence-electron chi connectivity index (χ4n) is 4.61. The first-order chi connectivity index (χ1) is 21.1. The van der Waals surface area contributed by atoms with Crippen LogP contribution < -0.4 is 0 Å². The van der Waals surface area contributed by atoms with Crippen LogP contribution in [-0.4, -0.2) is 80.6 Å². The third kappa shape index (κ3) is 26.0. The summed E-state index contributed by atoms with van der Waals surface area (Å²) >= 11 is 0. The second kappa shape index (κ2) is 28.1. The summed E-state index contributed by atoms with van der Waals surface area (Å²) < 4.78 is 17.0. The van der Waals surface area contributed by atoms with Crippen LogP contribution in [0.2, 0.25) is 0 Å². The van der Waals surface area contributed by atoms with E-state index in [1.54, 1.807) is 0 Å². The smallest absolute Gasteiger partial charge is 0.362 e. The van der Waals surface area contributed by atoms with E-state index in [0.717, 1.165) is 64.2 Å². The highest BCUT2D eigenvalue weighted by molar-refractivity contribution is 5.72. The minimum absolute atomic E-state index is 0.0408. The summed E-state index contributed by atoms with van der Waals surface area (Å²) in [5.41, 5.74) is 0. The van der Waals surface area contributed by atoms with Gasteiger partial charge in [0.25, 0.3) is 0 Å². The Balaban J connectivity index is 4.52. The molecule has 0 saturated carbocycles. The number of rotatable bonds is 29. The molecule has 2 atom stereocenters. The highest BCUT2D eigenvalue weighted by Crippen LogP contribution is 2.11. The minimum atomic E-state index is -0.885. The maximum absolute atomic E-state index is 12.5. The lowest BCUT2D eigenvalue weighted by molar-refractivity contribution is -0.887. The molecule has 0 aliphatic rings. The molecule has 0 rings (SSSR count). The molecular formula is C36H64NO7+. The second-order valence-corrected chi connectivity index (χ2v) is 12.4. The molecule has 8 heteroatoms. The van der Waals surface area contributed by atoms with Crippen LogP contribution in [0.15, 0.2) is 36.5 Å². The van der Waals surface area contributed by atoms with Gasteiger partial charge < -0.3 is 23.8 Å². The first-order valence-electron chi connectivity index (χ1n) is 17.0. The highest BCUT2D eigenvalue weighted by Gasteiger charge is 2.31. The van der Waals surface area contributed by atoms with Gasteiger partial charge in [0.15, 0.2) is 12.1 Å². The number of aliphatic carboxylic acids is 1. The number of carboxylic acids is 1. The van der Waals surface area contributed by atoms with Gasteiger partial charge in [-0.1, -0.05) is 88.8 Å². The van der Waals surface area contributed by atoms with Gasteiger partial charge in [0.2, 0.25) is 0 Å². The van der Waals surface area contributed by atoms with Crippen molar-refractivity contribution in [2.24, 2.45) is 0 Å². The molecule has 0 aromatic rings. The largest absolute Gasteiger partial charge is 0.477 e. The maximum atomic E-state index is 12.5. The summed E-state index contributed by atoms with van der Waals surface area (Å²) in [6.45, 7) is 4.49. The molecular weight excluding hydrogens is 558 g/mol. The molecule has 2 unspecified atom stereocenters. The Morgan fingerprint density at radius 1 is 0.705 bits per heavy atom. The summed E-state index contributed by atoms with van der Waals surface area (Å²) in [4.78, 5) is 36.5. The Bertz CT molecular complexity index is 829. The van der Waals surface area contributed by atoms with Crippen LogP contribution in [-0.2, 0) is 28.6 Å². The Hall–Kier alpha value is -2.45. The fourth-order valence-corrected chi connectivity index (χ4v) is 4.61. The van der Waals surface area contributed by atoms with E-state index in [1.807, 2.05) is 27.2 Å². The van der Waals surface area contributed by atoms with Gasteiger partial charge in [0.1, 0.15) is 6.61 Å². The molecule has 254 valence electrons. The summed E-state index contributed by atoms with van der Waals surface area (Å²) in [7, 11) is 5.48. The third-order valence-electron chi connectivity index (χ3n) is 7.29. The standard InChI is InChI=1S/C36H63NO7/c1-6-8-10-12-14-16-17-18-19-21-22-24-26-34(38)43-31-32(30-42-29-28-33(36(40)41)37(3,4)5)44-35(39)27-25-23-20-15-13-11-9-7-2/h8,10,14,16,20,23,32-33H,6-7,9,11-13,15,17-19,21-22,24-31H2,1-5H3/p+1/b10-8+,16-14+,23-20+. The van der Waals surface area contributed by atoms with E-state index in [-0.39, 0.29) is 42.7 Å². The van der Waals surface area contributed by atoms with Gasteiger partial charge in [-0.3, -0.25) is 9.59 Å². The number of ether oxygens (including phenoxy) is 3. The van der Waals surface area contributed by atoms with E-state index in [4.69, 9.17) is 14.2 Å². The van der Waals surface area contributed by atoms with Crippen molar-refractivity contribution in [1.29, 1.82) is 0 Å². The SMILES string of the molecule is CC/C=C/C/C=C/CCCCCCCC(=O)OCC(COCCC(C(=O)O)[N+](C)(C)C)OC(=O)CC/C=C/CCCCCC. The molecule has 0 fully saturated rings. The predicted octanol–water partition coefficient (Wildman–Crippen LogP) is 7.96. The van der Waals surface area contributed by atoms with Gasteiger partial charge in [0.05, 0.1) is 34.4 Å². The van der Waals surface area contributed by atoms with Crippen molar-refractivity contribution in [2.75, 3.05) is 41.0 Å². The fraction of sp³-hybridized carbons (Fsp3) is 0.750. The molecule has 0 aliphatic heterocycles. The van der Waals surface area contributed by atoms with Crippen LogP contribution in [0.3, 0.4) is 0 Å². The Kier molecular flexibility index (Phi) is 26.5. The van der Waals surface area contributed by atoms with E-state index in [1.165, 1.54) is 19.3 Å². The number of hydrogen-bond donors (Lipinski definition) is 1. The lowest BCUT2D eigenvalue weighted by Gasteiger charge is -2.31. The molecule has 0 aromatic carbocycles. The first kappa shape index (κ1) is 41.5. The zero-order chi connectivity index (χ0) is 32.9. The van der Waals surface area contributed by atoms with Gasteiger partial charge in [-0.05, 0) is 51.4 Å². The number of nitrogens with zero attached hydrogens (tertiary/aromatic N) is 1. The van der Waals surface area contributed by atoms with E-state index >= 15 is 0 Å². The van der Waals surface area contributed by atoms with Gasteiger partial charge >= 0.3 is 17.9 Å². The number of allylic oxidation sites excluding steroid dienone is 6. The monoisotopic (exact) mass is 622 g/mol. The van der Waals surface area contributed by atoms with Crippen molar-refractivity contribution >= 4 is 17.9 Å². The van der Waals surface area contributed by atoms with Crippen molar-refractivity contribution in [3.8, 4) is 0 Å². The molecule has 0 aliphatic carbocycles. The van der Waals surface area contributed by atoms with E-state index in [2.05, 4.69) is 44.2 Å². The summed E-state index contributed by atoms with van der Waals surface area (Å²) in [5, 5.41) is 9.53. The number of quaternary nitrogens is 1. The van der Waals surface area contributed by atoms with Crippen LogP contribution >= 0.6 is 0 Å². The van der Waals surface area contributed by atoms with Crippen LogP contribution in [0, 0.1) is 0 Å². The van der Waals surface area contributed by atoms with E-state index in [0.29, 0.717) is 19.3 Å². The van der Waals surface area contributed by atoms with Crippen molar-refractivity contribution in [1.82, 2.24) is 0 Å².